The number of esters is 2. The van der Waals surface area contributed by atoms with Crippen LogP contribution in [0.2, 0.25) is 0 Å². The Morgan fingerprint density at radius 1 is 1.22 bits per heavy atom. The van der Waals surface area contributed by atoms with Gasteiger partial charge in [0.1, 0.15) is 5.69 Å². The first-order valence-electron chi connectivity index (χ1n) is 5.11. The molecule has 0 amide bonds. The fourth-order valence-electron chi connectivity index (χ4n) is 1.55. The number of carbonyl (C=O) groups excluding carboxylic acids is 2. The van der Waals surface area contributed by atoms with Crippen molar-refractivity contribution in [2.75, 3.05) is 14.2 Å². The summed E-state index contributed by atoms with van der Waals surface area (Å²) in [6.07, 6.45) is 0. The van der Waals surface area contributed by atoms with E-state index < -0.39 is 11.9 Å². The summed E-state index contributed by atoms with van der Waals surface area (Å²) in [6.45, 7) is 0. The summed E-state index contributed by atoms with van der Waals surface area (Å²) in [4.78, 5) is 27.0. The number of hydrogen-bond donors (Lipinski definition) is 1. The summed E-state index contributed by atoms with van der Waals surface area (Å²) in [5.74, 6) is -1.17. The van der Waals surface area contributed by atoms with Crippen LogP contribution in [0.25, 0.3) is 10.6 Å². The van der Waals surface area contributed by atoms with E-state index in [4.69, 9.17) is 0 Å². The minimum absolute atomic E-state index is 0.104. The minimum Gasteiger partial charge on any atom is -0.465 e. The topological polar surface area (TPSA) is 68.4 Å². The van der Waals surface area contributed by atoms with Gasteiger partial charge in [0.25, 0.3) is 0 Å². The van der Waals surface area contributed by atoms with E-state index >= 15 is 0 Å². The lowest BCUT2D eigenvalue weighted by atomic mass is 10.2. The van der Waals surface area contributed by atoms with E-state index in [1.807, 2.05) is 17.5 Å². The largest absolute Gasteiger partial charge is 0.465 e. The zero-order chi connectivity index (χ0) is 13.1. The SMILES string of the molecule is COC(=O)c1cc(-c2cccs2)[nH]c1C(=O)OC. The lowest BCUT2D eigenvalue weighted by Crippen LogP contribution is -2.10. The van der Waals surface area contributed by atoms with Gasteiger partial charge in [0.15, 0.2) is 0 Å². The van der Waals surface area contributed by atoms with Crippen LogP contribution in [0.3, 0.4) is 0 Å². The van der Waals surface area contributed by atoms with Gasteiger partial charge >= 0.3 is 11.9 Å². The molecule has 1 N–H and O–H groups in total. The van der Waals surface area contributed by atoms with E-state index in [2.05, 4.69) is 14.5 Å². The summed E-state index contributed by atoms with van der Waals surface area (Å²) in [7, 11) is 2.52. The Hall–Kier alpha value is -2.08. The Balaban J connectivity index is 2.50. The Morgan fingerprint density at radius 2 is 1.94 bits per heavy atom. The average Bonchev–Trinajstić information content (AvgIpc) is 3.04. The van der Waals surface area contributed by atoms with Crippen LogP contribution in [-0.2, 0) is 9.47 Å². The average molecular weight is 265 g/mol. The highest BCUT2D eigenvalue weighted by Crippen LogP contribution is 2.26. The molecule has 0 bridgehead atoms. The van der Waals surface area contributed by atoms with Crippen molar-refractivity contribution in [3.63, 3.8) is 0 Å². The Morgan fingerprint density at radius 3 is 2.50 bits per heavy atom. The second kappa shape index (κ2) is 5.05. The van der Waals surface area contributed by atoms with Crippen LogP contribution in [0.1, 0.15) is 20.8 Å². The van der Waals surface area contributed by atoms with Gasteiger partial charge < -0.3 is 14.5 Å². The van der Waals surface area contributed by atoms with Crippen molar-refractivity contribution < 1.29 is 19.1 Å². The fraction of sp³-hybridized carbons (Fsp3) is 0.167. The maximum atomic E-state index is 11.6. The molecule has 0 aliphatic heterocycles. The van der Waals surface area contributed by atoms with Gasteiger partial charge in [0.2, 0.25) is 0 Å². The molecule has 2 aromatic heterocycles. The quantitative estimate of drug-likeness (QED) is 0.865. The van der Waals surface area contributed by atoms with Crippen molar-refractivity contribution in [1.82, 2.24) is 4.98 Å². The summed E-state index contributed by atoms with van der Waals surface area (Å²) in [5.41, 5.74) is 0.964. The Bertz CT molecular complexity index is 537. The maximum Gasteiger partial charge on any atom is 0.355 e. The Labute approximate surface area is 107 Å². The second-order valence-corrected chi connectivity index (χ2v) is 4.38. The van der Waals surface area contributed by atoms with E-state index in [0.29, 0.717) is 5.69 Å². The molecule has 0 atom stereocenters. The molecule has 0 radical (unpaired) electrons. The molecule has 0 unspecified atom stereocenters. The summed E-state index contributed by atoms with van der Waals surface area (Å²) in [5, 5.41) is 1.91. The molecule has 0 aliphatic carbocycles. The lowest BCUT2D eigenvalue weighted by molar-refractivity contribution is 0.0552. The van der Waals surface area contributed by atoms with Crippen LogP contribution >= 0.6 is 11.3 Å². The van der Waals surface area contributed by atoms with Crippen molar-refractivity contribution in [3.8, 4) is 10.6 Å². The monoisotopic (exact) mass is 265 g/mol. The number of aromatic amines is 1. The predicted octanol–water partition coefficient (Wildman–Crippen LogP) is 2.32. The number of thiophene rings is 1. The van der Waals surface area contributed by atoms with Gasteiger partial charge in [-0.3, -0.25) is 0 Å². The van der Waals surface area contributed by atoms with Gasteiger partial charge in [-0.05, 0) is 17.5 Å². The van der Waals surface area contributed by atoms with Gasteiger partial charge in [0, 0.05) is 0 Å². The first-order chi connectivity index (χ1) is 8.67. The zero-order valence-corrected chi connectivity index (χ0v) is 10.7. The summed E-state index contributed by atoms with van der Waals surface area (Å²) >= 11 is 1.50. The zero-order valence-electron chi connectivity index (χ0n) is 9.85. The van der Waals surface area contributed by atoms with Crippen LogP contribution < -0.4 is 0 Å². The number of carbonyl (C=O) groups is 2. The molecule has 18 heavy (non-hydrogen) atoms. The number of aromatic nitrogens is 1. The number of methoxy groups -OCH3 is 2. The number of ether oxygens (including phenoxy) is 2. The number of rotatable bonds is 3. The summed E-state index contributed by atoms with van der Waals surface area (Å²) in [6, 6.07) is 5.36. The van der Waals surface area contributed by atoms with Crippen LogP contribution in [0, 0.1) is 0 Å². The van der Waals surface area contributed by atoms with Crippen LogP contribution in [0.4, 0.5) is 0 Å². The Kier molecular flexibility index (Phi) is 3.47. The molecule has 0 spiro atoms. The smallest absolute Gasteiger partial charge is 0.355 e. The molecule has 0 saturated carbocycles. The highest BCUT2D eigenvalue weighted by Gasteiger charge is 2.22. The van der Waals surface area contributed by atoms with E-state index in [9.17, 15) is 9.59 Å². The number of hydrogen-bond acceptors (Lipinski definition) is 5. The molecule has 0 saturated heterocycles. The molecule has 0 aromatic carbocycles. The predicted molar refractivity (Wildman–Crippen MR) is 66.8 cm³/mol. The van der Waals surface area contributed by atoms with E-state index in [1.54, 1.807) is 6.07 Å². The third kappa shape index (κ3) is 2.14. The van der Waals surface area contributed by atoms with E-state index in [0.717, 1.165) is 4.88 Å². The first kappa shape index (κ1) is 12.4. The van der Waals surface area contributed by atoms with Crippen LogP contribution in [0.5, 0.6) is 0 Å². The van der Waals surface area contributed by atoms with Crippen LogP contribution in [0.15, 0.2) is 23.6 Å². The molecular weight excluding hydrogens is 254 g/mol. The molecule has 5 nitrogen and oxygen atoms in total. The van der Waals surface area contributed by atoms with E-state index in [1.165, 1.54) is 25.6 Å². The lowest BCUT2D eigenvalue weighted by Gasteiger charge is -1.99. The molecule has 6 heteroatoms. The highest BCUT2D eigenvalue weighted by molar-refractivity contribution is 7.13. The van der Waals surface area contributed by atoms with Crippen molar-refractivity contribution >= 4 is 23.3 Å². The minimum atomic E-state index is -0.599. The van der Waals surface area contributed by atoms with Gasteiger partial charge in [0.05, 0.1) is 30.4 Å². The highest BCUT2D eigenvalue weighted by atomic mass is 32.1. The molecular formula is C12H11NO4S. The standard InChI is InChI=1S/C12H11NO4S/c1-16-11(14)7-6-8(9-4-3-5-18-9)13-10(7)12(15)17-2/h3-6,13H,1-2H3. The molecule has 94 valence electrons. The third-order valence-corrected chi connectivity index (χ3v) is 3.30. The molecule has 0 aliphatic rings. The molecule has 2 heterocycles. The number of nitrogens with one attached hydrogen (secondary N) is 1. The van der Waals surface area contributed by atoms with Gasteiger partial charge in [-0.2, -0.15) is 0 Å². The van der Waals surface area contributed by atoms with Gasteiger partial charge in [-0.1, -0.05) is 6.07 Å². The van der Waals surface area contributed by atoms with Crippen LogP contribution in [-0.4, -0.2) is 31.1 Å². The second-order valence-electron chi connectivity index (χ2n) is 3.43. The van der Waals surface area contributed by atoms with Crippen molar-refractivity contribution in [3.05, 3.63) is 34.8 Å². The number of H-pyrrole nitrogens is 1. The third-order valence-electron chi connectivity index (χ3n) is 2.40. The normalized spacial score (nSPS) is 10.1. The molecule has 2 aromatic rings. The molecule has 2 rings (SSSR count). The molecule has 0 fully saturated rings. The maximum absolute atomic E-state index is 11.6. The fourth-order valence-corrected chi connectivity index (χ4v) is 2.25. The summed E-state index contributed by atoms with van der Waals surface area (Å²) < 4.78 is 9.27. The van der Waals surface area contributed by atoms with Gasteiger partial charge in [-0.15, -0.1) is 11.3 Å². The van der Waals surface area contributed by atoms with Gasteiger partial charge in [-0.25, -0.2) is 9.59 Å². The first-order valence-corrected chi connectivity index (χ1v) is 5.99. The van der Waals surface area contributed by atoms with Crippen molar-refractivity contribution in [1.29, 1.82) is 0 Å². The van der Waals surface area contributed by atoms with Crippen molar-refractivity contribution in [2.24, 2.45) is 0 Å². The van der Waals surface area contributed by atoms with E-state index in [-0.39, 0.29) is 11.3 Å². The van der Waals surface area contributed by atoms with Crippen molar-refractivity contribution in [2.45, 2.75) is 0 Å².